The normalized spacial score (nSPS) is 17.4. The van der Waals surface area contributed by atoms with Crippen LogP contribution in [-0.4, -0.2) is 20.6 Å². The molecule has 0 saturated carbocycles. The van der Waals surface area contributed by atoms with E-state index in [9.17, 15) is 8.78 Å². The lowest BCUT2D eigenvalue weighted by Gasteiger charge is -2.27. The summed E-state index contributed by atoms with van der Waals surface area (Å²) in [5.74, 6) is -1.09. The Kier molecular flexibility index (Phi) is 5.21. The second-order valence-electron chi connectivity index (χ2n) is 6.06. The third kappa shape index (κ3) is 3.40. The molecule has 134 valence electrons. The minimum Gasteiger partial charge on any atom is -0.359 e. The Morgan fingerprint density at radius 3 is 2.65 bits per heavy atom. The Morgan fingerprint density at radius 2 is 2.00 bits per heavy atom. The summed E-state index contributed by atoms with van der Waals surface area (Å²) in [6.45, 7) is 8.19. The molecule has 2 heterocycles. The summed E-state index contributed by atoms with van der Waals surface area (Å²) in [6.07, 6.45) is 7.47. The first-order valence-corrected chi connectivity index (χ1v) is 8.44. The number of hydrogen-bond acceptors (Lipinski definition) is 4. The number of fused-ring (bicyclic) bond motifs is 1. The lowest BCUT2D eigenvalue weighted by atomic mass is 10.0. The van der Waals surface area contributed by atoms with Crippen LogP contribution in [0.25, 0.3) is 0 Å². The van der Waals surface area contributed by atoms with Gasteiger partial charge in [-0.25, -0.2) is 18.7 Å². The van der Waals surface area contributed by atoms with Crippen LogP contribution in [0.15, 0.2) is 60.1 Å². The molecule has 1 aliphatic heterocycles. The zero-order valence-electron chi connectivity index (χ0n) is 14.8. The minimum atomic E-state index is -0.820. The summed E-state index contributed by atoms with van der Waals surface area (Å²) in [5.41, 5.74) is 3.05. The van der Waals surface area contributed by atoms with Crippen molar-refractivity contribution < 1.29 is 8.78 Å². The van der Waals surface area contributed by atoms with E-state index < -0.39 is 11.6 Å². The zero-order valence-corrected chi connectivity index (χ0v) is 14.8. The Bertz CT molecular complexity index is 875. The Morgan fingerprint density at radius 1 is 1.31 bits per heavy atom. The third-order valence-electron chi connectivity index (χ3n) is 4.47. The van der Waals surface area contributed by atoms with Crippen LogP contribution in [-0.2, 0) is 6.54 Å². The second-order valence-corrected chi connectivity index (χ2v) is 6.06. The number of hydrogen-bond donors (Lipinski definition) is 0. The third-order valence-corrected chi connectivity index (χ3v) is 4.47. The number of rotatable bonds is 5. The predicted molar refractivity (Wildman–Crippen MR) is 97.5 cm³/mol. The molecule has 26 heavy (non-hydrogen) atoms. The van der Waals surface area contributed by atoms with Gasteiger partial charge >= 0.3 is 0 Å². The minimum absolute atomic E-state index is 0.0483. The molecule has 0 spiro atoms. The van der Waals surface area contributed by atoms with Gasteiger partial charge in [0.25, 0.3) is 0 Å². The molecule has 1 atom stereocenters. The number of benzene rings is 1. The van der Waals surface area contributed by atoms with Gasteiger partial charge in [0.15, 0.2) is 17.5 Å². The second kappa shape index (κ2) is 7.56. The number of aromatic nitrogens is 2. The van der Waals surface area contributed by atoms with Gasteiger partial charge in [-0.2, -0.15) is 0 Å². The highest BCUT2D eigenvalue weighted by atomic mass is 19.2. The van der Waals surface area contributed by atoms with Gasteiger partial charge in [-0.05, 0) is 48.7 Å². The maximum absolute atomic E-state index is 13.7. The SMILES string of the molecule is C=C/C(=C\N=C(/C)c1ncccn1)N1Cc2cc(F)c(F)cc2C1CC. The summed E-state index contributed by atoms with van der Waals surface area (Å²) >= 11 is 0. The fourth-order valence-corrected chi connectivity index (χ4v) is 3.17. The van der Waals surface area contributed by atoms with E-state index in [2.05, 4.69) is 26.4 Å². The quantitative estimate of drug-likeness (QED) is 0.584. The Balaban J connectivity index is 1.92. The molecule has 1 aromatic carbocycles. The number of nitrogens with zero attached hydrogens (tertiary/aromatic N) is 4. The summed E-state index contributed by atoms with van der Waals surface area (Å²) in [5, 5.41) is 0. The van der Waals surface area contributed by atoms with Gasteiger partial charge in [-0.3, -0.25) is 4.99 Å². The summed E-state index contributed by atoms with van der Waals surface area (Å²) in [4.78, 5) is 14.8. The first-order chi connectivity index (χ1) is 12.5. The van der Waals surface area contributed by atoms with Gasteiger partial charge in [0.2, 0.25) is 0 Å². The number of halogens is 2. The standard InChI is InChI=1S/C20H20F2N4/c1-4-15(11-25-13(3)20-23-7-6-8-24-20)26-12-14-9-17(21)18(22)10-16(14)19(26)5-2/h4,6-11,19H,1,5,12H2,2-3H3/b15-11+,25-13+. The highest BCUT2D eigenvalue weighted by Crippen LogP contribution is 2.39. The van der Waals surface area contributed by atoms with Gasteiger partial charge in [-0.15, -0.1) is 0 Å². The van der Waals surface area contributed by atoms with Crippen LogP contribution in [0.3, 0.4) is 0 Å². The summed E-state index contributed by atoms with van der Waals surface area (Å²) < 4.78 is 27.3. The molecule has 1 unspecified atom stereocenters. The first-order valence-electron chi connectivity index (χ1n) is 8.44. The van der Waals surface area contributed by atoms with E-state index in [-0.39, 0.29) is 6.04 Å². The van der Waals surface area contributed by atoms with Crippen molar-refractivity contribution in [3.8, 4) is 0 Å². The largest absolute Gasteiger partial charge is 0.359 e. The van der Waals surface area contributed by atoms with E-state index in [0.717, 1.165) is 23.2 Å². The van der Waals surface area contributed by atoms with Crippen LogP contribution in [0, 0.1) is 11.6 Å². The molecular formula is C20H20F2N4. The molecule has 0 bridgehead atoms. The van der Waals surface area contributed by atoms with Gasteiger partial charge in [0, 0.05) is 18.9 Å². The van der Waals surface area contributed by atoms with Crippen LogP contribution in [0.4, 0.5) is 8.78 Å². The monoisotopic (exact) mass is 354 g/mol. The maximum Gasteiger partial charge on any atom is 0.173 e. The average Bonchev–Trinajstić information content (AvgIpc) is 3.00. The molecule has 1 aromatic heterocycles. The molecular weight excluding hydrogens is 334 g/mol. The molecule has 1 aliphatic rings. The molecule has 4 nitrogen and oxygen atoms in total. The molecule has 6 heteroatoms. The van der Waals surface area contributed by atoms with E-state index in [4.69, 9.17) is 0 Å². The fraction of sp³-hybridized carbons (Fsp3) is 0.250. The molecule has 0 saturated heterocycles. The average molecular weight is 354 g/mol. The van der Waals surface area contributed by atoms with E-state index >= 15 is 0 Å². The van der Waals surface area contributed by atoms with Crippen molar-refractivity contribution in [1.29, 1.82) is 0 Å². The molecule has 0 N–H and O–H groups in total. The van der Waals surface area contributed by atoms with E-state index in [1.54, 1.807) is 30.7 Å². The molecule has 0 amide bonds. The van der Waals surface area contributed by atoms with Crippen LogP contribution in [0.1, 0.15) is 43.3 Å². The number of allylic oxidation sites excluding steroid dienone is 1. The van der Waals surface area contributed by atoms with Crippen LogP contribution in [0.5, 0.6) is 0 Å². The highest BCUT2D eigenvalue weighted by molar-refractivity contribution is 5.95. The zero-order chi connectivity index (χ0) is 18.7. The lowest BCUT2D eigenvalue weighted by Crippen LogP contribution is -2.20. The number of aliphatic imine (C=N–C) groups is 1. The van der Waals surface area contributed by atoms with Gasteiger partial charge in [0.05, 0.1) is 23.7 Å². The van der Waals surface area contributed by atoms with Gasteiger partial charge in [0.1, 0.15) is 0 Å². The predicted octanol–water partition coefficient (Wildman–Crippen LogP) is 4.56. The van der Waals surface area contributed by atoms with Crippen LogP contribution in [0.2, 0.25) is 0 Å². The molecule has 3 rings (SSSR count). The van der Waals surface area contributed by atoms with Crippen molar-refractivity contribution in [2.24, 2.45) is 4.99 Å². The lowest BCUT2D eigenvalue weighted by molar-refractivity contribution is 0.280. The molecule has 2 aromatic rings. The fourth-order valence-electron chi connectivity index (χ4n) is 3.17. The van der Waals surface area contributed by atoms with Crippen molar-refractivity contribution in [1.82, 2.24) is 14.9 Å². The van der Waals surface area contributed by atoms with Gasteiger partial charge < -0.3 is 4.90 Å². The molecule has 0 aliphatic carbocycles. The van der Waals surface area contributed by atoms with Gasteiger partial charge in [-0.1, -0.05) is 13.5 Å². The topological polar surface area (TPSA) is 41.4 Å². The highest BCUT2D eigenvalue weighted by Gasteiger charge is 2.31. The smallest absolute Gasteiger partial charge is 0.173 e. The molecule has 0 radical (unpaired) electrons. The van der Waals surface area contributed by atoms with Crippen molar-refractivity contribution in [3.63, 3.8) is 0 Å². The van der Waals surface area contributed by atoms with E-state index in [0.29, 0.717) is 18.1 Å². The van der Waals surface area contributed by atoms with Crippen molar-refractivity contribution >= 4 is 5.71 Å². The Hall–Kier alpha value is -2.89. The first kappa shape index (κ1) is 17.9. The van der Waals surface area contributed by atoms with E-state index in [1.165, 1.54) is 12.1 Å². The van der Waals surface area contributed by atoms with Crippen molar-refractivity contribution in [2.75, 3.05) is 0 Å². The summed E-state index contributed by atoms with van der Waals surface area (Å²) in [7, 11) is 0. The maximum atomic E-state index is 13.7. The summed E-state index contributed by atoms with van der Waals surface area (Å²) in [6, 6.07) is 4.27. The van der Waals surface area contributed by atoms with Crippen LogP contribution >= 0.6 is 0 Å². The van der Waals surface area contributed by atoms with Crippen LogP contribution < -0.4 is 0 Å². The Labute approximate surface area is 151 Å². The van der Waals surface area contributed by atoms with E-state index in [1.807, 2.05) is 13.8 Å². The van der Waals surface area contributed by atoms with Crippen molar-refractivity contribution in [2.45, 2.75) is 32.9 Å². The van der Waals surface area contributed by atoms with Crippen molar-refractivity contribution in [3.05, 3.63) is 83.7 Å². The molecule has 0 fully saturated rings.